The largest absolute Gasteiger partial charge is 0.447 e. The van der Waals surface area contributed by atoms with E-state index in [-0.39, 0.29) is 6.61 Å². The van der Waals surface area contributed by atoms with Gasteiger partial charge in [0, 0.05) is 6.54 Å². The van der Waals surface area contributed by atoms with Crippen molar-refractivity contribution in [1.82, 2.24) is 15.5 Å². The summed E-state index contributed by atoms with van der Waals surface area (Å²) in [4.78, 5) is 13.2. The lowest BCUT2D eigenvalue weighted by Crippen LogP contribution is -2.70. The number of hydrogen-bond donors (Lipinski definition) is 5. The smallest absolute Gasteiger partial charge is 0.412 e. The zero-order valence-corrected chi connectivity index (χ0v) is 21.0. The Morgan fingerprint density at radius 1 is 0.879 bits per heavy atom. The maximum Gasteiger partial charge on any atom is 0.412 e. The molecule has 33 heavy (non-hydrogen) atoms. The highest BCUT2D eigenvalue weighted by molar-refractivity contribution is 7.80. The fourth-order valence-electron chi connectivity index (χ4n) is 4.67. The number of unbranched alkanes of at least 4 members (excludes halogenated alkanes) is 13. The second-order valence-corrected chi connectivity index (χ2v) is 9.87. The van der Waals surface area contributed by atoms with E-state index in [0.717, 1.165) is 12.8 Å². The molecule has 2 rings (SSSR count). The van der Waals surface area contributed by atoms with Crippen LogP contribution < -0.4 is 10.6 Å². The van der Waals surface area contributed by atoms with Crippen molar-refractivity contribution in [2.45, 2.75) is 127 Å². The fourth-order valence-corrected chi connectivity index (χ4v) is 4.90. The Morgan fingerprint density at radius 3 is 1.94 bits per heavy atom. The number of ether oxygens (including phenoxy) is 1. The summed E-state index contributed by atoms with van der Waals surface area (Å²) in [5, 5.41) is 36.8. The van der Waals surface area contributed by atoms with E-state index in [0.29, 0.717) is 11.7 Å². The van der Waals surface area contributed by atoms with Crippen molar-refractivity contribution < 1.29 is 24.9 Å². The molecule has 5 atom stereocenters. The minimum Gasteiger partial charge on any atom is -0.447 e. The molecule has 192 valence electrons. The van der Waals surface area contributed by atoms with Crippen LogP contribution in [0, 0.1) is 0 Å². The molecule has 8 nitrogen and oxygen atoms in total. The molecule has 2 fully saturated rings. The van der Waals surface area contributed by atoms with E-state index < -0.39 is 36.6 Å². The summed E-state index contributed by atoms with van der Waals surface area (Å²) in [6.45, 7) is 2.93. The van der Waals surface area contributed by atoms with Gasteiger partial charge in [-0.2, -0.15) is 0 Å². The van der Waals surface area contributed by atoms with Gasteiger partial charge >= 0.3 is 6.09 Å². The lowest BCUT2D eigenvalue weighted by molar-refractivity contribution is -0.144. The topological polar surface area (TPSA) is 114 Å². The number of fused-ring (bicyclic) bond motifs is 1. The van der Waals surface area contributed by atoms with Crippen LogP contribution in [-0.4, -0.2) is 75.1 Å². The summed E-state index contributed by atoms with van der Waals surface area (Å²) in [5.74, 6) is 0. The second-order valence-electron chi connectivity index (χ2n) is 9.46. The number of nitrogens with one attached hydrogen (secondary N) is 2. The summed E-state index contributed by atoms with van der Waals surface area (Å²) in [7, 11) is 0. The molecule has 2 heterocycles. The van der Waals surface area contributed by atoms with Crippen molar-refractivity contribution in [3.63, 3.8) is 0 Å². The van der Waals surface area contributed by atoms with Crippen LogP contribution in [0.1, 0.15) is 96.8 Å². The Bertz CT molecular complexity index is 582. The SMILES string of the molecule is CCCCCCCCCCCCCCCCNC(=S)N[C@@H]1C(O)C(O)[C@H](O)C2COC(=O)N21. The van der Waals surface area contributed by atoms with Crippen molar-refractivity contribution in [2.24, 2.45) is 0 Å². The quantitative estimate of drug-likeness (QED) is 0.167. The van der Waals surface area contributed by atoms with Crippen LogP contribution in [-0.2, 0) is 4.74 Å². The molecule has 0 aromatic rings. The van der Waals surface area contributed by atoms with Gasteiger partial charge in [-0.25, -0.2) is 4.79 Å². The average Bonchev–Trinajstić information content (AvgIpc) is 3.19. The predicted molar refractivity (Wildman–Crippen MR) is 133 cm³/mol. The number of carbonyl (C=O) groups is 1. The van der Waals surface area contributed by atoms with Gasteiger partial charge in [0.25, 0.3) is 0 Å². The number of amides is 1. The van der Waals surface area contributed by atoms with Crippen LogP contribution >= 0.6 is 12.2 Å². The molecular weight excluding hydrogens is 442 g/mol. The number of aliphatic hydroxyl groups excluding tert-OH is 3. The Morgan fingerprint density at radius 2 is 1.39 bits per heavy atom. The molecule has 9 heteroatoms. The van der Waals surface area contributed by atoms with Crippen LogP contribution in [0.3, 0.4) is 0 Å². The van der Waals surface area contributed by atoms with Gasteiger partial charge in [0.15, 0.2) is 5.11 Å². The summed E-state index contributed by atoms with van der Waals surface area (Å²) in [5.41, 5.74) is 0. The monoisotopic (exact) mass is 487 g/mol. The standard InChI is InChI=1S/C24H45N3O5S/c1-2-3-4-5-6-7-8-9-10-11-12-13-14-15-16-25-23(33)26-22-21(30)20(29)19(28)18-17-32-24(31)27(18)22/h18-22,28-30H,2-17H2,1H3,(H2,25,26,33)/t18?,19-,20?,21?,22+/m1/s1. The average molecular weight is 488 g/mol. The zero-order valence-electron chi connectivity index (χ0n) is 20.2. The molecule has 2 aliphatic rings. The van der Waals surface area contributed by atoms with Crippen molar-refractivity contribution >= 4 is 23.4 Å². The second kappa shape index (κ2) is 15.7. The summed E-state index contributed by atoms with van der Waals surface area (Å²) in [6.07, 6.45) is 12.7. The van der Waals surface area contributed by atoms with Gasteiger partial charge in [-0.15, -0.1) is 0 Å². The fraction of sp³-hybridized carbons (Fsp3) is 0.917. The third-order valence-electron chi connectivity index (χ3n) is 6.76. The Balaban J connectivity index is 1.48. The number of piperidine rings is 1. The van der Waals surface area contributed by atoms with E-state index in [1.165, 1.54) is 81.9 Å². The maximum absolute atomic E-state index is 12.0. The third kappa shape index (κ3) is 9.19. The van der Waals surface area contributed by atoms with Crippen LogP contribution in [0.25, 0.3) is 0 Å². The highest BCUT2D eigenvalue weighted by Crippen LogP contribution is 2.28. The van der Waals surface area contributed by atoms with Crippen molar-refractivity contribution in [3.05, 3.63) is 0 Å². The van der Waals surface area contributed by atoms with Gasteiger partial charge in [-0.1, -0.05) is 90.4 Å². The van der Waals surface area contributed by atoms with E-state index in [1.807, 2.05) is 0 Å². The molecule has 0 saturated carbocycles. The molecule has 0 aromatic carbocycles. The van der Waals surface area contributed by atoms with Crippen LogP contribution in [0.4, 0.5) is 4.79 Å². The maximum atomic E-state index is 12.0. The lowest BCUT2D eigenvalue weighted by Gasteiger charge is -2.44. The predicted octanol–water partition coefficient (Wildman–Crippen LogP) is 3.17. The van der Waals surface area contributed by atoms with E-state index in [1.54, 1.807) is 0 Å². The van der Waals surface area contributed by atoms with Gasteiger partial charge in [0.1, 0.15) is 31.1 Å². The van der Waals surface area contributed by atoms with Gasteiger partial charge in [0.2, 0.25) is 0 Å². The van der Waals surface area contributed by atoms with Crippen LogP contribution in [0.5, 0.6) is 0 Å². The summed E-state index contributed by atoms with van der Waals surface area (Å²) >= 11 is 5.30. The minimum atomic E-state index is -1.38. The third-order valence-corrected chi connectivity index (χ3v) is 7.02. The number of hydrogen-bond acceptors (Lipinski definition) is 6. The molecule has 0 aromatic heterocycles. The van der Waals surface area contributed by atoms with Crippen LogP contribution in [0.2, 0.25) is 0 Å². The van der Waals surface area contributed by atoms with E-state index in [2.05, 4.69) is 17.6 Å². The molecule has 1 amide bonds. The first-order valence-corrected chi connectivity index (χ1v) is 13.4. The summed E-state index contributed by atoms with van der Waals surface area (Å²) in [6, 6.07) is -0.706. The molecular formula is C24H45N3O5S. The Kier molecular flexibility index (Phi) is 13.3. The van der Waals surface area contributed by atoms with Crippen LogP contribution in [0.15, 0.2) is 0 Å². The lowest BCUT2D eigenvalue weighted by atomic mass is 9.93. The molecule has 3 unspecified atom stereocenters. The van der Waals surface area contributed by atoms with Gasteiger partial charge in [0.05, 0.1) is 6.04 Å². The first-order chi connectivity index (χ1) is 16.0. The molecule has 0 radical (unpaired) electrons. The molecule has 2 saturated heterocycles. The Labute approximate surface area is 204 Å². The van der Waals surface area contributed by atoms with E-state index >= 15 is 0 Å². The van der Waals surface area contributed by atoms with Crippen molar-refractivity contribution in [3.8, 4) is 0 Å². The first-order valence-electron chi connectivity index (χ1n) is 13.0. The number of rotatable bonds is 16. The highest BCUT2D eigenvalue weighted by Gasteiger charge is 2.54. The molecule has 2 aliphatic heterocycles. The Hall–Kier alpha value is -1.16. The molecule has 0 spiro atoms. The van der Waals surface area contributed by atoms with E-state index in [4.69, 9.17) is 17.0 Å². The summed E-state index contributed by atoms with van der Waals surface area (Å²) < 4.78 is 4.97. The number of carbonyl (C=O) groups excluding carboxylic acids is 1. The number of nitrogens with zero attached hydrogens (tertiary/aromatic N) is 1. The van der Waals surface area contributed by atoms with Gasteiger partial charge in [-0.3, -0.25) is 4.90 Å². The molecule has 5 N–H and O–H groups in total. The van der Waals surface area contributed by atoms with Gasteiger partial charge < -0.3 is 30.7 Å². The number of thiocarbonyl (C=S) groups is 1. The zero-order chi connectivity index (χ0) is 24.1. The van der Waals surface area contributed by atoms with E-state index in [9.17, 15) is 20.1 Å². The normalized spacial score (nSPS) is 26.7. The first kappa shape index (κ1) is 28.1. The number of aliphatic hydroxyl groups is 3. The van der Waals surface area contributed by atoms with Gasteiger partial charge in [-0.05, 0) is 18.6 Å². The molecule has 0 bridgehead atoms. The van der Waals surface area contributed by atoms with Crippen molar-refractivity contribution in [1.29, 1.82) is 0 Å². The van der Waals surface area contributed by atoms with Crippen molar-refractivity contribution in [2.75, 3.05) is 13.2 Å². The highest BCUT2D eigenvalue weighted by atomic mass is 32.1. The minimum absolute atomic E-state index is 0.0266. The number of cyclic esters (lactones) is 1. The molecule has 0 aliphatic carbocycles.